The molecule has 0 aliphatic carbocycles. The van der Waals surface area contributed by atoms with E-state index in [-0.39, 0.29) is 11.0 Å². The van der Waals surface area contributed by atoms with Crippen molar-refractivity contribution in [2.24, 2.45) is 0 Å². The summed E-state index contributed by atoms with van der Waals surface area (Å²) in [6.07, 6.45) is 3.95. The number of hydrogen-bond acceptors (Lipinski definition) is 1. The molecule has 0 amide bonds. The molecule has 0 saturated carbocycles. The van der Waals surface area contributed by atoms with Crippen LogP contribution in [0.5, 0.6) is 0 Å². The number of alkyl halides is 2. The minimum Gasteiger partial charge on any atom is -0.285 e. The molecule has 0 bridgehead atoms. The van der Waals surface area contributed by atoms with Gasteiger partial charge in [0.2, 0.25) is 0 Å². The van der Waals surface area contributed by atoms with Crippen LogP contribution in [-0.2, 0) is 0 Å². The maximum atomic E-state index is 5.68. The molecule has 2 atom stereocenters. The van der Waals surface area contributed by atoms with Crippen LogP contribution in [0.15, 0.2) is 0 Å². The van der Waals surface area contributed by atoms with Gasteiger partial charge in [-0.15, -0.1) is 23.2 Å². The first-order valence-electron chi connectivity index (χ1n) is 2.65. The molecular weight excluding hydrogens is 145 g/mol. The second-order valence-corrected chi connectivity index (χ2v) is 2.92. The fraction of sp³-hybridized carbons (Fsp3) is 0.800. The van der Waals surface area contributed by atoms with Crippen molar-refractivity contribution in [3.8, 4) is 0 Å². The molecule has 47 valence electrons. The van der Waals surface area contributed by atoms with E-state index in [9.17, 15) is 0 Å². The van der Waals surface area contributed by atoms with Gasteiger partial charge in [0.05, 0.1) is 11.0 Å². The van der Waals surface area contributed by atoms with E-state index in [2.05, 4.69) is 11.7 Å². The second-order valence-electron chi connectivity index (χ2n) is 1.86. The number of nitrogens with one attached hydrogen (secondary N) is 1. The van der Waals surface area contributed by atoms with E-state index in [4.69, 9.17) is 23.2 Å². The molecule has 0 aromatic carbocycles. The fourth-order valence-electron chi connectivity index (χ4n) is 0.721. The van der Waals surface area contributed by atoms with Gasteiger partial charge in [0.1, 0.15) is 0 Å². The summed E-state index contributed by atoms with van der Waals surface area (Å²) in [6, 6.07) is 0. The van der Waals surface area contributed by atoms with Crippen molar-refractivity contribution in [1.82, 2.24) is 5.32 Å². The SMILES string of the molecule is ClC1C[CH]CC(Cl)N1. The Labute approximate surface area is 59.3 Å². The first-order chi connectivity index (χ1) is 3.79. The van der Waals surface area contributed by atoms with Crippen LogP contribution >= 0.6 is 23.2 Å². The van der Waals surface area contributed by atoms with E-state index in [1.165, 1.54) is 0 Å². The Morgan fingerprint density at radius 1 is 1.25 bits per heavy atom. The monoisotopic (exact) mass is 152 g/mol. The van der Waals surface area contributed by atoms with Gasteiger partial charge in [-0.3, -0.25) is 5.32 Å². The van der Waals surface area contributed by atoms with Gasteiger partial charge in [-0.25, -0.2) is 0 Å². The maximum Gasteiger partial charge on any atom is 0.0839 e. The van der Waals surface area contributed by atoms with Crippen LogP contribution in [0.25, 0.3) is 0 Å². The highest BCUT2D eigenvalue weighted by atomic mass is 35.5. The van der Waals surface area contributed by atoms with Crippen molar-refractivity contribution in [2.75, 3.05) is 0 Å². The Hall–Kier alpha value is 0.540. The highest BCUT2D eigenvalue weighted by Gasteiger charge is 2.15. The zero-order chi connectivity index (χ0) is 5.98. The Balaban J connectivity index is 2.23. The Bertz CT molecular complexity index is 68.8. The quantitative estimate of drug-likeness (QED) is 0.412. The summed E-state index contributed by atoms with van der Waals surface area (Å²) in [7, 11) is 0. The highest BCUT2D eigenvalue weighted by molar-refractivity contribution is 6.23. The zero-order valence-electron chi connectivity index (χ0n) is 4.40. The first-order valence-corrected chi connectivity index (χ1v) is 3.52. The van der Waals surface area contributed by atoms with Gasteiger partial charge >= 0.3 is 0 Å². The van der Waals surface area contributed by atoms with E-state index in [0.29, 0.717) is 0 Å². The molecule has 1 radical (unpaired) electrons. The third-order valence-corrected chi connectivity index (χ3v) is 1.72. The van der Waals surface area contributed by atoms with E-state index in [1.54, 1.807) is 0 Å². The van der Waals surface area contributed by atoms with Crippen molar-refractivity contribution in [3.63, 3.8) is 0 Å². The van der Waals surface area contributed by atoms with E-state index >= 15 is 0 Å². The summed E-state index contributed by atoms with van der Waals surface area (Å²) in [5.74, 6) is 0. The minimum atomic E-state index is 0.0475. The lowest BCUT2D eigenvalue weighted by molar-refractivity contribution is 0.526. The normalized spacial score (nSPS) is 39.8. The van der Waals surface area contributed by atoms with E-state index in [0.717, 1.165) is 12.8 Å². The molecule has 1 N–H and O–H groups in total. The number of halogens is 2. The molecule has 1 rings (SSSR count). The van der Waals surface area contributed by atoms with Crippen molar-refractivity contribution in [1.29, 1.82) is 0 Å². The molecule has 1 nitrogen and oxygen atoms in total. The average Bonchev–Trinajstić information content (AvgIpc) is 1.64. The van der Waals surface area contributed by atoms with Gasteiger partial charge in [0, 0.05) is 0 Å². The highest BCUT2D eigenvalue weighted by Crippen LogP contribution is 2.15. The lowest BCUT2D eigenvalue weighted by Gasteiger charge is -2.21. The zero-order valence-corrected chi connectivity index (χ0v) is 5.91. The summed E-state index contributed by atoms with van der Waals surface area (Å²) in [4.78, 5) is 0. The van der Waals surface area contributed by atoms with Crippen LogP contribution in [0.2, 0.25) is 0 Å². The lowest BCUT2D eigenvalue weighted by atomic mass is 10.2. The Morgan fingerprint density at radius 2 is 1.75 bits per heavy atom. The first kappa shape index (κ1) is 6.66. The van der Waals surface area contributed by atoms with Gasteiger partial charge in [-0.2, -0.15) is 0 Å². The van der Waals surface area contributed by atoms with Crippen LogP contribution in [0, 0.1) is 6.42 Å². The predicted octanol–water partition coefficient (Wildman–Crippen LogP) is 1.70. The third kappa shape index (κ3) is 1.81. The minimum absolute atomic E-state index is 0.0475. The van der Waals surface area contributed by atoms with Gasteiger partial charge in [-0.1, -0.05) is 0 Å². The molecule has 1 saturated heterocycles. The van der Waals surface area contributed by atoms with Gasteiger partial charge in [0.25, 0.3) is 0 Å². The second kappa shape index (κ2) is 2.90. The average molecular weight is 153 g/mol. The molecule has 1 heterocycles. The number of rotatable bonds is 0. The van der Waals surface area contributed by atoms with E-state index < -0.39 is 0 Å². The Kier molecular flexibility index (Phi) is 2.42. The standard InChI is InChI=1S/C5H8Cl2N/c6-4-2-1-3-5(7)8-4/h1,4-5,8H,2-3H2. The lowest BCUT2D eigenvalue weighted by Crippen LogP contribution is -2.35. The predicted molar refractivity (Wildman–Crippen MR) is 36.0 cm³/mol. The van der Waals surface area contributed by atoms with Crippen LogP contribution < -0.4 is 5.32 Å². The number of piperidine rings is 1. The molecular formula is C5H8Cl2N. The molecule has 8 heavy (non-hydrogen) atoms. The maximum absolute atomic E-state index is 5.68. The smallest absolute Gasteiger partial charge is 0.0839 e. The van der Waals surface area contributed by atoms with Crippen LogP contribution in [0.3, 0.4) is 0 Å². The van der Waals surface area contributed by atoms with Gasteiger partial charge < -0.3 is 0 Å². The van der Waals surface area contributed by atoms with Crippen molar-refractivity contribution in [2.45, 2.75) is 23.8 Å². The third-order valence-electron chi connectivity index (χ3n) is 1.11. The molecule has 0 spiro atoms. The summed E-state index contributed by atoms with van der Waals surface area (Å²) in [5.41, 5.74) is 0.0949. The number of hydrogen-bond donors (Lipinski definition) is 1. The van der Waals surface area contributed by atoms with E-state index in [1.807, 2.05) is 0 Å². The molecule has 1 aliphatic rings. The summed E-state index contributed by atoms with van der Waals surface area (Å²) in [5, 5.41) is 2.98. The molecule has 1 aliphatic heterocycles. The van der Waals surface area contributed by atoms with Crippen LogP contribution in [-0.4, -0.2) is 11.0 Å². The molecule has 3 heteroatoms. The molecule has 1 fully saturated rings. The summed E-state index contributed by atoms with van der Waals surface area (Å²) in [6.45, 7) is 0. The Morgan fingerprint density at radius 3 is 2.00 bits per heavy atom. The van der Waals surface area contributed by atoms with Gasteiger partial charge in [0.15, 0.2) is 0 Å². The topological polar surface area (TPSA) is 12.0 Å². The van der Waals surface area contributed by atoms with Crippen molar-refractivity contribution >= 4 is 23.2 Å². The van der Waals surface area contributed by atoms with Crippen LogP contribution in [0.4, 0.5) is 0 Å². The van der Waals surface area contributed by atoms with Gasteiger partial charge in [-0.05, 0) is 19.3 Å². The largest absolute Gasteiger partial charge is 0.285 e. The van der Waals surface area contributed by atoms with Crippen LogP contribution in [0.1, 0.15) is 12.8 Å². The van der Waals surface area contributed by atoms with Crippen molar-refractivity contribution < 1.29 is 0 Å². The molecule has 2 unspecified atom stereocenters. The molecule has 0 aromatic heterocycles. The van der Waals surface area contributed by atoms with Crippen molar-refractivity contribution in [3.05, 3.63) is 6.42 Å². The fourth-order valence-corrected chi connectivity index (χ4v) is 1.34. The summed E-state index contributed by atoms with van der Waals surface area (Å²) >= 11 is 11.4. The summed E-state index contributed by atoms with van der Waals surface area (Å²) < 4.78 is 0. The molecule has 0 aromatic rings.